The molecule has 9 nitrogen and oxygen atoms in total. The summed E-state index contributed by atoms with van der Waals surface area (Å²) in [6.45, 7) is 8.35. The van der Waals surface area contributed by atoms with Crippen LogP contribution in [0, 0.1) is 0 Å². The molecule has 0 heterocycles. The predicted molar refractivity (Wildman–Crippen MR) is 80.7 cm³/mol. The van der Waals surface area contributed by atoms with Gasteiger partial charge in [0.25, 0.3) is 0 Å². The predicted octanol–water partition coefficient (Wildman–Crippen LogP) is 0.556. The SMILES string of the molecule is CCOC(=O)NCCNC(=O)NCCNC(=O)OC(C)(C)C. The van der Waals surface area contributed by atoms with Gasteiger partial charge < -0.3 is 30.7 Å². The van der Waals surface area contributed by atoms with Crippen molar-refractivity contribution in [1.29, 1.82) is 0 Å². The summed E-state index contributed by atoms with van der Waals surface area (Å²) < 4.78 is 9.69. The van der Waals surface area contributed by atoms with E-state index in [2.05, 4.69) is 26.0 Å². The standard InChI is InChI=1S/C13H26N4O5/c1-5-21-11(19)16-8-6-14-10(18)15-7-9-17-12(20)22-13(2,3)4/h5-9H2,1-4H3,(H,16,19)(H,17,20)(H2,14,15,18). The van der Waals surface area contributed by atoms with Gasteiger partial charge in [-0.15, -0.1) is 0 Å². The van der Waals surface area contributed by atoms with Crippen LogP contribution in [0.5, 0.6) is 0 Å². The Morgan fingerprint density at radius 3 is 1.73 bits per heavy atom. The maximum atomic E-state index is 11.4. The molecule has 4 amide bonds. The third-order valence-corrected chi connectivity index (χ3v) is 2.03. The van der Waals surface area contributed by atoms with Crippen LogP contribution in [0.1, 0.15) is 27.7 Å². The number of urea groups is 1. The minimum absolute atomic E-state index is 0.253. The molecule has 0 bridgehead atoms. The van der Waals surface area contributed by atoms with Gasteiger partial charge in [0, 0.05) is 26.2 Å². The molecule has 0 fully saturated rings. The Morgan fingerprint density at radius 2 is 1.27 bits per heavy atom. The van der Waals surface area contributed by atoms with Crippen molar-refractivity contribution in [3.05, 3.63) is 0 Å². The first kappa shape index (κ1) is 19.8. The maximum absolute atomic E-state index is 11.4. The highest BCUT2D eigenvalue weighted by Gasteiger charge is 2.15. The van der Waals surface area contributed by atoms with E-state index in [1.807, 2.05) is 0 Å². The van der Waals surface area contributed by atoms with Gasteiger partial charge in [-0.1, -0.05) is 0 Å². The van der Waals surface area contributed by atoms with Crippen molar-refractivity contribution >= 4 is 18.2 Å². The van der Waals surface area contributed by atoms with Crippen LogP contribution in [-0.4, -0.2) is 56.6 Å². The van der Waals surface area contributed by atoms with Crippen LogP contribution >= 0.6 is 0 Å². The molecule has 0 aliphatic rings. The first-order valence-electron chi connectivity index (χ1n) is 7.13. The van der Waals surface area contributed by atoms with Gasteiger partial charge in [-0.25, -0.2) is 14.4 Å². The first-order valence-corrected chi connectivity index (χ1v) is 7.13. The number of carbonyl (C=O) groups excluding carboxylic acids is 3. The lowest BCUT2D eigenvalue weighted by Crippen LogP contribution is -2.43. The molecule has 0 spiro atoms. The second-order valence-electron chi connectivity index (χ2n) is 5.26. The van der Waals surface area contributed by atoms with Gasteiger partial charge in [0.15, 0.2) is 0 Å². The quantitative estimate of drug-likeness (QED) is 0.512. The molecule has 0 rings (SSSR count). The molecule has 0 aliphatic heterocycles. The van der Waals surface area contributed by atoms with Crippen molar-refractivity contribution in [3.63, 3.8) is 0 Å². The van der Waals surface area contributed by atoms with Gasteiger partial charge in [-0.05, 0) is 27.7 Å². The van der Waals surface area contributed by atoms with Crippen LogP contribution < -0.4 is 21.3 Å². The van der Waals surface area contributed by atoms with Gasteiger partial charge in [0.2, 0.25) is 0 Å². The first-order chi connectivity index (χ1) is 10.2. The number of hydrogen-bond acceptors (Lipinski definition) is 5. The molecular weight excluding hydrogens is 292 g/mol. The Labute approximate surface area is 130 Å². The molecule has 0 saturated carbocycles. The normalized spacial score (nSPS) is 10.4. The fourth-order valence-corrected chi connectivity index (χ4v) is 1.24. The van der Waals surface area contributed by atoms with E-state index in [-0.39, 0.29) is 26.2 Å². The Balaban J connectivity index is 3.54. The topological polar surface area (TPSA) is 118 Å². The highest BCUT2D eigenvalue weighted by atomic mass is 16.6. The molecule has 0 aliphatic carbocycles. The Kier molecular flexibility index (Phi) is 9.48. The van der Waals surface area contributed by atoms with Gasteiger partial charge in [0.05, 0.1) is 6.61 Å². The fourth-order valence-electron chi connectivity index (χ4n) is 1.24. The van der Waals surface area contributed by atoms with E-state index in [0.29, 0.717) is 6.61 Å². The lowest BCUT2D eigenvalue weighted by Gasteiger charge is -2.19. The molecule has 128 valence electrons. The molecule has 0 radical (unpaired) electrons. The second kappa shape index (κ2) is 10.5. The summed E-state index contributed by atoms with van der Waals surface area (Å²) >= 11 is 0. The van der Waals surface area contributed by atoms with Crippen LogP contribution in [0.15, 0.2) is 0 Å². The summed E-state index contributed by atoms with van der Waals surface area (Å²) in [5, 5.41) is 10.1. The molecule has 0 saturated heterocycles. The van der Waals surface area contributed by atoms with Crippen molar-refractivity contribution in [2.24, 2.45) is 0 Å². The van der Waals surface area contributed by atoms with Crippen LogP contribution in [0.25, 0.3) is 0 Å². The van der Waals surface area contributed by atoms with Crippen LogP contribution in [0.2, 0.25) is 0 Å². The number of hydrogen-bond donors (Lipinski definition) is 4. The molecule has 0 aromatic heterocycles. The third-order valence-electron chi connectivity index (χ3n) is 2.03. The van der Waals surface area contributed by atoms with Crippen molar-refractivity contribution in [3.8, 4) is 0 Å². The van der Waals surface area contributed by atoms with E-state index in [1.54, 1.807) is 27.7 Å². The average Bonchev–Trinajstić information content (AvgIpc) is 2.38. The van der Waals surface area contributed by atoms with Gasteiger partial charge in [0.1, 0.15) is 5.60 Å². The maximum Gasteiger partial charge on any atom is 0.407 e. The van der Waals surface area contributed by atoms with Crippen molar-refractivity contribution in [1.82, 2.24) is 21.3 Å². The second-order valence-corrected chi connectivity index (χ2v) is 5.26. The van der Waals surface area contributed by atoms with E-state index >= 15 is 0 Å². The Bertz CT molecular complexity index is 368. The molecule has 22 heavy (non-hydrogen) atoms. The zero-order chi connectivity index (χ0) is 17.0. The molecule has 9 heteroatoms. The lowest BCUT2D eigenvalue weighted by molar-refractivity contribution is 0.0528. The van der Waals surface area contributed by atoms with Crippen LogP contribution in [0.4, 0.5) is 14.4 Å². The minimum atomic E-state index is -0.555. The van der Waals surface area contributed by atoms with Crippen LogP contribution in [-0.2, 0) is 9.47 Å². The Hall–Kier alpha value is -2.19. The molecule has 0 aromatic carbocycles. The van der Waals surface area contributed by atoms with Crippen molar-refractivity contribution in [2.75, 3.05) is 32.8 Å². The average molecular weight is 318 g/mol. The number of carbonyl (C=O) groups is 3. The largest absolute Gasteiger partial charge is 0.450 e. The van der Waals surface area contributed by atoms with Gasteiger partial charge in [-0.3, -0.25) is 0 Å². The summed E-state index contributed by atoms with van der Waals surface area (Å²) in [5.74, 6) is 0. The van der Waals surface area contributed by atoms with E-state index in [1.165, 1.54) is 0 Å². The number of amides is 4. The van der Waals surface area contributed by atoms with E-state index in [4.69, 9.17) is 4.74 Å². The lowest BCUT2D eigenvalue weighted by atomic mass is 10.2. The molecule has 0 atom stereocenters. The molecule has 4 N–H and O–H groups in total. The summed E-state index contributed by atoms with van der Waals surface area (Å²) in [5.41, 5.74) is -0.555. The summed E-state index contributed by atoms with van der Waals surface area (Å²) in [7, 11) is 0. The molecule has 0 aromatic rings. The number of rotatable bonds is 7. The zero-order valence-electron chi connectivity index (χ0n) is 13.6. The highest BCUT2D eigenvalue weighted by Crippen LogP contribution is 2.05. The van der Waals surface area contributed by atoms with E-state index < -0.39 is 23.8 Å². The number of alkyl carbamates (subject to hydrolysis) is 2. The molecular formula is C13H26N4O5. The summed E-state index contributed by atoms with van der Waals surface area (Å²) in [4.78, 5) is 33.6. The van der Waals surface area contributed by atoms with Crippen molar-refractivity contribution in [2.45, 2.75) is 33.3 Å². The van der Waals surface area contributed by atoms with E-state index in [9.17, 15) is 14.4 Å². The third kappa shape index (κ3) is 12.8. The summed E-state index contributed by atoms with van der Waals surface area (Å²) in [6.07, 6.45) is -1.06. The van der Waals surface area contributed by atoms with E-state index in [0.717, 1.165) is 0 Å². The highest BCUT2D eigenvalue weighted by molar-refractivity contribution is 5.74. The number of ether oxygens (including phenoxy) is 2. The fraction of sp³-hybridized carbons (Fsp3) is 0.769. The monoisotopic (exact) mass is 318 g/mol. The van der Waals surface area contributed by atoms with Gasteiger partial charge in [-0.2, -0.15) is 0 Å². The summed E-state index contributed by atoms with van der Waals surface area (Å²) in [6, 6.07) is -0.392. The zero-order valence-corrected chi connectivity index (χ0v) is 13.6. The van der Waals surface area contributed by atoms with Crippen LogP contribution in [0.3, 0.4) is 0 Å². The van der Waals surface area contributed by atoms with Gasteiger partial charge >= 0.3 is 18.2 Å². The number of nitrogens with one attached hydrogen (secondary N) is 4. The minimum Gasteiger partial charge on any atom is -0.450 e. The molecule has 0 unspecified atom stereocenters. The smallest absolute Gasteiger partial charge is 0.407 e. The van der Waals surface area contributed by atoms with Crippen molar-refractivity contribution < 1.29 is 23.9 Å². The Morgan fingerprint density at radius 1 is 0.818 bits per heavy atom.